The molecule has 0 aromatic heterocycles. The third-order valence-corrected chi connectivity index (χ3v) is 2.26. The third-order valence-electron chi connectivity index (χ3n) is 2.26. The second-order valence-corrected chi connectivity index (χ2v) is 3.90. The summed E-state index contributed by atoms with van der Waals surface area (Å²) in [5.41, 5.74) is 5.93. The third kappa shape index (κ3) is 3.73. The molecule has 1 saturated carbocycles. The molecule has 0 heterocycles. The van der Waals surface area contributed by atoms with Gasteiger partial charge in [0, 0.05) is 12.1 Å². The summed E-state index contributed by atoms with van der Waals surface area (Å²) in [5, 5.41) is 3.38. The highest BCUT2D eigenvalue weighted by molar-refractivity contribution is 4.84. The second kappa shape index (κ2) is 4.07. The van der Waals surface area contributed by atoms with Crippen LogP contribution in [-0.2, 0) is 0 Å². The predicted octanol–water partition coefficient (Wildman–Crippen LogP) is 1.11. The Morgan fingerprint density at radius 1 is 1.45 bits per heavy atom. The normalized spacial score (nSPS) is 20.7. The number of hydrogen-bond donors (Lipinski definition) is 2. The minimum atomic E-state index is 0.459. The van der Waals surface area contributed by atoms with Gasteiger partial charge in [-0.2, -0.15) is 0 Å². The molecule has 0 radical (unpaired) electrons. The van der Waals surface area contributed by atoms with Crippen molar-refractivity contribution < 1.29 is 0 Å². The molecule has 1 atom stereocenters. The van der Waals surface area contributed by atoms with Gasteiger partial charge < -0.3 is 11.1 Å². The lowest BCUT2D eigenvalue weighted by Gasteiger charge is -2.12. The van der Waals surface area contributed by atoms with Crippen LogP contribution in [-0.4, -0.2) is 18.6 Å². The number of hydrogen-bond acceptors (Lipinski definition) is 2. The van der Waals surface area contributed by atoms with Crippen molar-refractivity contribution in [3.63, 3.8) is 0 Å². The summed E-state index contributed by atoms with van der Waals surface area (Å²) in [5.74, 6) is 0.851. The van der Waals surface area contributed by atoms with E-state index in [2.05, 4.69) is 19.2 Å². The lowest BCUT2D eigenvalue weighted by atomic mass is 10.1. The molecule has 0 aromatic rings. The zero-order chi connectivity index (χ0) is 8.27. The van der Waals surface area contributed by atoms with Crippen LogP contribution in [0.25, 0.3) is 0 Å². The maximum absolute atomic E-state index is 5.93. The maximum Gasteiger partial charge on any atom is 0.00792 e. The van der Waals surface area contributed by atoms with Crippen molar-refractivity contribution in [3.05, 3.63) is 0 Å². The number of nitrogens with one attached hydrogen (secondary N) is 1. The Hall–Kier alpha value is -0.0800. The summed E-state index contributed by atoms with van der Waals surface area (Å²) in [6, 6.07) is 1.06. The summed E-state index contributed by atoms with van der Waals surface area (Å²) < 4.78 is 0. The summed E-state index contributed by atoms with van der Waals surface area (Å²) in [4.78, 5) is 0. The Bertz CT molecular complexity index is 108. The molecule has 1 rings (SSSR count). The summed E-state index contributed by atoms with van der Waals surface area (Å²) in [6.07, 6.45) is 3.87. The minimum Gasteiger partial charge on any atom is -0.327 e. The Balaban J connectivity index is 1.93. The van der Waals surface area contributed by atoms with Crippen LogP contribution in [0.4, 0.5) is 0 Å². The van der Waals surface area contributed by atoms with Crippen LogP contribution in [0.3, 0.4) is 0 Å². The van der Waals surface area contributed by atoms with Gasteiger partial charge in [-0.25, -0.2) is 0 Å². The van der Waals surface area contributed by atoms with Gasteiger partial charge in [0.1, 0.15) is 0 Å². The molecule has 66 valence electrons. The highest BCUT2D eigenvalue weighted by Crippen LogP contribution is 2.32. The van der Waals surface area contributed by atoms with E-state index in [-0.39, 0.29) is 0 Å². The van der Waals surface area contributed by atoms with Crippen molar-refractivity contribution in [3.8, 4) is 0 Å². The average molecular weight is 156 g/mol. The van der Waals surface area contributed by atoms with E-state index >= 15 is 0 Å². The Kier molecular flexibility index (Phi) is 3.34. The molecule has 1 aliphatic rings. The van der Waals surface area contributed by atoms with Crippen LogP contribution in [0, 0.1) is 5.92 Å². The van der Waals surface area contributed by atoms with Crippen LogP contribution >= 0.6 is 0 Å². The Morgan fingerprint density at radius 3 is 2.55 bits per heavy atom. The van der Waals surface area contributed by atoms with Crippen molar-refractivity contribution in [1.29, 1.82) is 0 Å². The van der Waals surface area contributed by atoms with Gasteiger partial charge in [0.05, 0.1) is 0 Å². The average Bonchev–Trinajstić information content (AvgIpc) is 2.66. The van der Waals surface area contributed by atoms with Crippen molar-refractivity contribution in [2.45, 2.75) is 45.2 Å². The van der Waals surface area contributed by atoms with E-state index in [0.29, 0.717) is 12.1 Å². The largest absolute Gasteiger partial charge is 0.327 e. The van der Waals surface area contributed by atoms with E-state index < -0.39 is 0 Å². The minimum absolute atomic E-state index is 0.459. The molecule has 2 nitrogen and oxygen atoms in total. The topological polar surface area (TPSA) is 38.0 Å². The molecule has 2 heteroatoms. The molecule has 3 N–H and O–H groups in total. The maximum atomic E-state index is 5.93. The number of rotatable bonds is 5. The van der Waals surface area contributed by atoms with Crippen molar-refractivity contribution in [2.75, 3.05) is 6.54 Å². The van der Waals surface area contributed by atoms with Crippen LogP contribution in [0.5, 0.6) is 0 Å². The highest BCUT2D eigenvalue weighted by atomic mass is 14.9. The molecule has 0 aromatic carbocycles. The fourth-order valence-corrected chi connectivity index (χ4v) is 1.30. The molecule has 1 aliphatic carbocycles. The Labute approximate surface area is 69.5 Å². The zero-order valence-electron chi connectivity index (χ0n) is 7.64. The monoisotopic (exact) mass is 156 g/mol. The van der Waals surface area contributed by atoms with Crippen LogP contribution < -0.4 is 11.1 Å². The lowest BCUT2D eigenvalue weighted by molar-refractivity contribution is 0.493. The van der Waals surface area contributed by atoms with Crippen LogP contribution in [0.2, 0.25) is 0 Å². The molecule has 1 unspecified atom stereocenters. The van der Waals surface area contributed by atoms with Gasteiger partial charge in [-0.1, -0.05) is 13.8 Å². The van der Waals surface area contributed by atoms with E-state index in [1.807, 2.05) is 0 Å². The molecule has 1 fully saturated rings. The van der Waals surface area contributed by atoms with E-state index in [4.69, 9.17) is 5.73 Å². The lowest BCUT2D eigenvalue weighted by Crippen LogP contribution is -2.31. The van der Waals surface area contributed by atoms with Gasteiger partial charge in [-0.3, -0.25) is 0 Å². The van der Waals surface area contributed by atoms with Gasteiger partial charge in [-0.15, -0.1) is 0 Å². The van der Waals surface area contributed by atoms with Gasteiger partial charge in [0.15, 0.2) is 0 Å². The van der Waals surface area contributed by atoms with Gasteiger partial charge in [-0.05, 0) is 31.7 Å². The van der Waals surface area contributed by atoms with E-state index in [1.165, 1.54) is 12.8 Å². The van der Waals surface area contributed by atoms with Gasteiger partial charge in [0.2, 0.25) is 0 Å². The van der Waals surface area contributed by atoms with Crippen molar-refractivity contribution in [2.24, 2.45) is 11.7 Å². The van der Waals surface area contributed by atoms with Crippen LogP contribution in [0.15, 0.2) is 0 Å². The first-order chi connectivity index (χ1) is 5.20. The molecule has 0 aliphatic heterocycles. The molecular weight excluding hydrogens is 136 g/mol. The van der Waals surface area contributed by atoms with Gasteiger partial charge in [0.25, 0.3) is 0 Å². The molecule has 11 heavy (non-hydrogen) atoms. The first kappa shape index (κ1) is 9.01. The summed E-state index contributed by atoms with van der Waals surface area (Å²) in [6.45, 7) is 5.42. The van der Waals surface area contributed by atoms with Gasteiger partial charge >= 0.3 is 0 Å². The standard InChI is InChI=1S/C9H20N2/c1-7(2)11-6-5-9(10)8-3-4-8/h7-9,11H,3-6,10H2,1-2H3. The first-order valence-corrected chi connectivity index (χ1v) is 4.69. The summed E-state index contributed by atoms with van der Waals surface area (Å²) in [7, 11) is 0. The molecule has 0 spiro atoms. The predicted molar refractivity (Wildman–Crippen MR) is 48.5 cm³/mol. The molecular formula is C9H20N2. The van der Waals surface area contributed by atoms with Crippen LogP contribution in [0.1, 0.15) is 33.1 Å². The van der Waals surface area contributed by atoms with E-state index in [0.717, 1.165) is 18.9 Å². The SMILES string of the molecule is CC(C)NCCC(N)C1CC1. The molecule has 0 amide bonds. The summed E-state index contributed by atoms with van der Waals surface area (Å²) >= 11 is 0. The Morgan fingerprint density at radius 2 is 2.09 bits per heavy atom. The smallest absolute Gasteiger partial charge is 0.00792 e. The zero-order valence-corrected chi connectivity index (χ0v) is 7.64. The number of nitrogens with two attached hydrogens (primary N) is 1. The van der Waals surface area contributed by atoms with Crippen molar-refractivity contribution >= 4 is 0 Å². The van der Waals surface area contributed by atoms with Crippen molar-refractivity contribution in [1.82, 2.24) is 5.32 Å². The van der Waals surface area contributed by atoms with E-state index in [1.54, 1.807) is 0 Å². The van der Waals surface area contributed by atoms with E-state index in [9.17, 15) is 0 Å². The highest BCUT2D eigenvalue weighted by Gasteiger charge is 2.27. The fourth-order valence-electron chi connectivity index (χ4n) is 1.30. The molecule has 0 bridgehead atoms. The quantitative estimate of drug-likeness (QED) is 0.626. The fraction of sp³-hybridized carbons (Fsp3) is 1.00. The molecule has 0 saturated heterocycles. The second-order valence-electron chi connectivity index (χ2n) is 3.90. The first-order valence-electron chi connectivity index (χ1n) is 4.69.